The van der Waals surface area contributed by atoms with Crippen molar-refractivity contribution < 1.29 is 4.42 Å². The SMILES string of the molecule is C[C@@H](NCc1ccc([Si](C)(C)C)cc1)c1ccco1. The number of furan rings is 1. The van der Waals surface area contributed by atoms with Crippen LogP contribution in [-0.4, -0.2) is 8.07 Å². The Labute approximate surface area is 116 Å². The average Bonchev–Trinajstić information content (AvgIpc) is 2.89. The summed E-state index contributed by atoms with van der Waals surface area (Å²) in [6.07, 6.45) is 1.72. The van der Waals surface area contributed by atoms with E-state index in [4.69, 9.17) is 4.42 Å². The zero-order chi connectivity index (χ0) is 13.9. The number of rotatable bonds is 5. The molecule has 19 heavy (non-hydrogen) atoms. The Kier molecular flexibility index (Phi) is 4.27. The van der Waals surface area contributed by atoms with Gasteiger partial charge in [-0.25, -0.2) is 0 Å². The molecule has 2 rings (SSSR count). The van der Waals surface area contributed by atoms with Gasteiger partial charge in [-0.1, -0.05) is 49.1 Å². The van der Waals surface area contributed by atoms with Crippen LogP contribution in [0.25, 0.3) is 0 Å². The third kappa shape index (κ3) is 3.82. The molecular formula is C16H23NOSi. The van der Waals surface area contributed by atoms with Gasteiger partial charge in [0, 0.05) is 6.54 Å². The van der Waals surface area contributed by atoms with Crippen LogP contribution < -0.4 is 10.5 Å². The Morgan fingerprint density at radius 2 is 1.79 bits per heavy atom. The van der Waals surface area contributed by atoms with Crippen molar-refractivity contribution in [1.29, 1.82) is 0 Å². The smallest absolute Gasteiger partial charge is 0.120 e. The van der Waals surface area contributed by atoms with Crippen LogP contribution in [0.15, 0.2) is 47.1 Å². The van der Waals surface area contributed by atoms with Gasteiger partial charge >= 0.3 is 0 Å². The second-order valence-electron chi connectivity index (χ2n) is 6.06. The normalized spacial score (nSPS) is 13.5. The molecule has 0 saturated heterocycles. The monoisotopic (exact) mass is 273 g/mol. The van der Waals surface area contributed by atoms with Crippen LogP contribution in [0.5, 0.6) is 0 Å². The van der Waals surface area contributed by atoms with Crippen LogP contribution in [0.4, 0.5) is 0 Å². The fourth-order valence-corrected chi connectivity index (χ4v) is 3.20. The van der Waals surface area contributed by atoms with Gasteiger partial charge in [-0.15, -0.1) is 0 Å². The summed E-state index contributed by atoms with van der Waals surface area (Å²) in [5, 5.41) is 4.99. The number of nitrogens with one attached hydrogen (secondary N) is 1. The van der Waals surface area contributed by atoms with Crippen molar-refractivity contribution in [2.24, 2.45) is 0 Å². The average molecular weight is 273 g/mol. The molecule has 3 heteroatoms. The fourth-order valence-electron chi connectivity index (χ4n) is 2.03. The van der Waals surface area contributed by atoms with Gasteiger partial charge in [0.2, 0.25) is 0 Å². The molecule has 0 aliphatic carbocycles. The summed E-state index contributed by atoms with van der Waals surface area (Å²) in [6, 6.07) is 13.2. The highest BCUT2D eigenvalue weighted by atomic mass is 28.3. The Balaban J connectivity index is 1.93. The van der Waals surface area contributed by atoms with E-state index in [2.05, 4.69) is 56.1 Å². The highest BCUT2D eigenvalue weighted by molar-refractivity contribution is 6.88. The number of hydrogen-bond donors (Lipinski definition) is 1. The summed E-state index contributed by atoms with van der Waals surface area (Å²) in [5.41, 5.74) is 1.32. The first kappa shape index (κ1) is 14.1. The molecule has 1 N–H and O–H groups in total. The molecule has 0 spiro atoms. The predicted octanol–water partition coefficient (Wildman–Crippen LogP) is 3.68. The molecule has 0 aliphatic rings. The maximum Gasteiger partial charge on any atom is 0.120 e. The van der Waals surface area contributed by atoms with E-state index in [1.165, 1.54) is 10.8 Å². The lowest BCUT2D eigenvalue weighted by molar-refractivity contribution is 0.430. The molecule has 102 valence electrons. The molecule has 0 bridgehead atoms. The van der Waals surface area contributed by atoms with E-state index in [9.17, 15) is 0 Å². The Bertz CT molecular complexity index is 497. The van der Waals surface area contributed by atoms with Gasteiger partial charge in [-0.2, -0.15) is 0 Å². The zero-order valence-corrected chi connectivity index (χ0v) is 13.2. The molecule has 0 saturated carbocycles. The van der Waals surface area contributed by atoms with Crippen LogP contribution >= 0.6 is 0 Å². The first-order chi connectivity index (χ1) is 8.97. The summed E-state index contributed by atoms with van der Waals surface area (Å²) in [4.78, 5) is 0. The molecule has 1 heterocycles. The van der Waals surface area contributed by atoms with Crippen molar-refractivity contribution in [3.8, 4) is 0 Å². The van der Waals surface area contributed by atoms with E-state index >= 15 is 0 Å². The van der Waals surface area contributed by atoms with E-state index in [-0.39, 0.29) is 6.04 Å². The minimum atomic E-state index is -1.18. The number of benzene rings is 1. The van der Waals surface area contributed by atoms with E-state index in [1.807, 2.05) is 12.1 Å². The maximum atomic E-state index is 5.39. The van der Waals surface area contributed by atoms with E-state index in [0.29, 0.717) is 0 Å². The summed E-state index contributed by atoms with van der Waals surface area (Å²) >= 11 is 0. The quantitative estimate of drug-likeness (QED) is 0.841. The minimum absolute atomic E-state index is 0.242. The maximum absolute atomic E-state index is 5.39. The molecule has 2 aromatic rings. The summed E-state index contributed by atoms with van der Waals surface area (Å²) in [6.45, 7) is 10.1. The Morgan fingerprint density at radius 1 is 1.11 bits per heavy atom. The van der Waals surface area contributed by atoms with Gasteiger partial charge in [0.1, 0.15) is 5.76 Å². The Morgan fingerprint density at radius 3 is 2.32 bits per heavy atom. The number of hydrogen-bond acceptors (Lipinski definition) is 2. The van der Waals surface area contributed by atoms with Crippen LogP contribution in [0.1, 0.15) is 24.3 Å². The predicted molar refractivity (Wildman–Crippen MR) is 83.4 cm³/mol. The topological polar surface area (TPSA) is 25.2 Å². The molecule has 1 aromatic heterocycles. The molecule has 0 radical (unpaired) electrons. The van der Waals surface area contributed by atoms with Crippen LogP contribution in [0.2, 0.25) is 19.6 Å². The van der Waals surface area contributed by atoms with E-state index in [1.54, 1.807) is 6.26 Å². The van der Waals surface area contributed by atoms with E-state index in [0.717, 1.165) is 12.3 Å². The van der Waals surface area contributed by atoms with Crippen LogP contribution in [0.3, 0.4) is 0 Å². The zero-order valence-electron chi connectivity index (χ0n) is 12.2. The largest absolute Gasteiger partial charge is 0.468 e. The summed E-state index contributed by atoms with van der Waals surface area (Å²) in [7, 11) is -1.18. The Hall–Kier alpha value is -1.32. The third-order valence-corrected chi connectivity index (χ3v) is 5.47. The second kappa shape index (κ2) is 5.76. The standard InChI is InChI=1S/C16H23NOSi/c1-13(16-6-5-11-18-16)17-12-14-7-9-15(10-8-14)19(2,3)4/h5-11,13,17H,12H2,1-4H3/t13-/m1/s1. The molecule has 1 atom stereocenters. The highest BCUT2D eigenvalue weighted by Gasteiger charge is 2.15. The summed E-state index contributed by atoms with van der Waals surface area (Å²) in [5.74, 6) is 0.985. The van der Waals surface area contributed by atoms with Gasteiger partial charge in [-0.3, -0.25) is 0 Å². The van der Waals surface area contributed by atoms with Crippen molar-refractivity contribution in [3.63, 3.8) is 0 Å². The van der Waals surface area contributed by atoms with Gasteiger partial charge in [0.05, 0.1) is 20.4 Å². The summed E-state index contributed by atoms with van der Waals surface area (Å²) < 4.78 is 5.39. The molecule has 0 fully saturated rings. The second-order valence-corrected chi connectivity index (χ2v) is 11.1. The first-order valence-electron chi connectivity index (χ1n) is 6.83. The van der Waals surface area contributed by atoms with Gasteiger partial charge in [0.15, 0.2) is 0 Å². The lowest BCUT2D eigenvalue weighted by atomic mass is 10.2. The van der Waals surface area contributed by atoms with Crippen molar-refractivity contribution in [3.05, 3.63) is 54.0 Å². The fraction of sp³-hybridized carbons (Fsp3) is 0.375. The first-order valence-corrected chi connectivity index (χ1v) is 10.3. The molecule has 1 aromatic carbocycles. The molecule has 0 unspecified atom stereocenters. The minimum Gasteiger partial charge on any atom is -0.468 e. The van der Waals surface area contributed by atoms with Crippen LogP contribution in [0, 0.1) is 0 Å². The molecule has 0 amide bonds. The third-order valence-electron chi connectivity index (χ3n) is 3.40. The molecule has 0 aliphatic heterocycles. The lowest BCUT2D eigenvalue weighted by Crippen LogP contribution is -2.37. The highest BCUT2D eigenvalue weighted by Crippen LogP contribution is 2.13. The van der Waals surface area contributed by atoms with Gasteiger partial charge < -0.3 is 9.73 Å². The van der Waals surface area contributed by atoms with Gasteiger partial charge in [0.25, 0.3) is 0 Å². The van der Waals surface area contributed by atoms with Crippen molar-refractivity contribution >= 4 is 13.3 Å². The van der Waals surface area contributed by atoms with Crippen LogP contribution in [-0.2, 0) is 6.54 Å². The van der Waals surface area contributed by atoms with Crippen molar-refractivity contribution in [1.82, 2.24) is 5.32 Å². The van der Waals surface area contributed by atoms with Crippen molar-refractivity contribution in [2.45, 2.75) is 39.2 Å². The molecular weight excluding hydrogens is 250 g/mol. The van der Waals surface area contributed by atoms with E-state index < -0.39 is 8.07 Å². The van der Waals surface area contributed by atoms with Crippen molar-refractivity contribution in [2.75, 3.05) is 0 Å². The van der Waals surface area contributed by atoms with Gasteiger partial charge in [-0.05, 0) is 24.6 Å². The molecule has 2 nitrogen and oxygen atoms in total. The lowest BCUT2D eigenvalue weighted by Gasteiger charge is -2.17.